The maximum atomic E-state index is 5.64. The average Bonchev–Trinajstić information content (AvgIpc) is 2.72. The molecule has 0 N–H and O–H groups in total. The molecule has 0 aromatic heterocycles. The number of hydrogen-bond acceptors (Lipinski definition) is 3. The van der Waals surface area contributed by atoms with Crippen LogP contribution >= 0.6 is 0 Å². The van der Waals surface area contributed by atoms with Crippen molar-refractivity contribution in [2.75, 3.05) is 21.3 Å². The van der Waals surface area contributed by atoms with Gasteiger partial charge in [0.2, 0.25) is 0 Å². The van der Waals surface area contributed by atoms with Crippen LogP contribution in [0, 0.1) is 41.5 Å². The predicted octanol–water partition coefficient (Wildman–Crippen LogP) is 6.74. The second-order valence-electron chi connectivity index (χ2n) is 8.48. The number of rotatable bonds is 6. The zero-order chi connectivity index (χ0) is 22.9. The molecule has 0 fully saturated rings. The van der Waals surface area contributed by atoms with Gasteiger partial charge < -0.3 is 14.2 Å². The van der Waals surface area contributed by atoms with E-state index in [9.17, 15) is 0 Å². The van der Waals surface area contributed by atoms with E-state index in [4.69, 9.17) is 14.2 Å². The summed E-state index contributed by atoms with van der Waals surface area (Å²) in [7, 11) is 5.19. The molecule has 0 spiro atoms. The second-order valence-corrected chi connectivity index (χ2v) is 8.48. The van der Waals surface area contributed by atoms with Crippen LogP contribution in [-0.2, 0) is 0 Å². The third kappa shape index (κ3) is 4.27. The lowest BCUT2D eigenvalue weighted by Crippen LogP contribution is -2.10. The van der Waals surface area contributed by atoms with Crippen molar-refractivity contribution in [1.82, 2.24) is 0 Å². The van der Waals surface area contributed by atoms with Crippen LogP contribution in [0.3, 0.4) is 0 Å². The Balaban J connectivity index is 2.34. The van der Waals surface area contributed by atoms with Gasteiger partial charge in [-0.3, -0.25) is 0 Å². The molecule has 0 aliphatic carbocycles. The number of methoxy groups -OCH3 is 3. The Morgan fingerprint density at radius 3 is 1.26 bits per heavy atom. The summed E-state index contributed by atoms with van der Waals surface area (Å²) < 4.78 is 16.8. The summed E-state index contributed by atoms with van der Waals surface area (Å²) in [5.74, 6) is 2.89. The van der Waals surface area contributed by atoms with Gasteiger partial charge in [0, 0.05) is 5.92 Å². The number of ether oxygens (including phenoxy) is 3. The van der Waals surface area contributed by atoms with Crippen molar-refractivity contribution in [3.05, 3.63) is 86.5 Å². The Hall–Kier alpha value is -2.94. The summed E-state index contributed by atoms with van der Waals surface area (Å²) in [4.78, 5) is 0. The summed E-state index contributed by atoms with van der Waals surface area (Å²) >= 11 is 0. The first-order valence-corrected chi connectivity index (χ1v) is 10.7. The molecule has 3 nitrogen and oxygen atoms in total. The van der Waals surface area contributed by atoms with E-state index < -0.39 is 0 Å². The maximum Gasteiger partial charge on any atom is 0.124 e. The van der Waals surface area contributed by atoms with E-state index in [2.05, 4.69) is 77.9 Å². The number of aryl methyl sites for hydroxylation is 6. The van der Waals surface area contributed by atoms with Crippen molar-refractivity contribution in [3.8, 4) is 17.2 Å². The van der Waals surface area contributed by atoms with Crippen molar-refractivity contribution in [1.29, 1.82) is 0 Å². The second kappa shape index (κ2) is 9.05. The van der Waals surface area contributed by atoms with Gasteiger partial charge in [0.05, 0.1) is 21.3 Å². The van der Waals surface area contributed by atoms with Gasteiger partial charge in [0.1, 0.15) is 17.2 Å². The van der Waals surface area contributed by atoms with E-state index in [1.54, 1.807) is 21.3 Å². The first kappa shape index (κ1) is 22.7. The first-order valence-electron chi connectivity index (χ1n) is 10.7. The quantitative estimate of drug-likeness (QED) is 0.415. The molecule has 0 aliphatic heterocycles. The molecule has 0 aliphatic rings. The highest BCUT2D eigenvalue weighted by Crippen LogP contribution is 2.41. The van der Waals surface area contributed by atoms with Crippen LogP contribution in [0.4, 0.5) is 0 Å². The highest BCUT2D eigenvalue weighted by atomic mass is 16.5. The zero-order valence-electron chi connectivity index (χ0n) is 20.3. The van der Waals surface area contributed by atoms with E-state index >= 15 is 0 Å². The summed E-state index contributed by atoms with van der Waals surface area (Å²) in [5.41, 5.74) is 10.8. The van der Waals surface area contributed by atoms with Crippen molar-refractivity contribution in [2.45, 2.75) is 47.5 Å². The minimum Gasteiger partial charge on any atom is -0.496 e. The van der Waals surface area contributed by atoms with Crippen molar-refractivity contribution in [2.24, 2.45) is 0 Å². The molecule has 0 saturated carbocycles. The van der Waals surface area contributed by atoms with Gasteiger partial charge in [-0.25, -0.2) is 0 Å². The molecule has 0 atom stereocenters. The van der Waals surface area contributed by atoms with Crippen molar-refractivity contribution >= 4 is 0 Å². The molecule has 0 amide bonds. The lowest BCUT2D eigenvalue weighted by Gasteiger charge is -2.26. The topological polar surface area (TPSA) is 27.7 Å². The van der Waals surface area contributed by atoms with Crippen molar-refractivity contribution < 1.29 is 14.2 Å². The van der Waals surface area contributed by atoms with E-state index in [0.29, 0.717) is 0 Å². The van der Waals surface area contributed by atoms with Gasteiger partial charge in [-0.15, -0.1) is 0 Å². The van der Waals surface area contributed by atoms with E-state index in [0.717, 1.165) is 39.5 Å². The predicted molar refractivity (Wildman–Crippen MR) is 128 cm³/mol. The van der Waals surface area contributed by atoms with Crippen LogP contribution in [0.15, 0.2) is 36.4 Å². The summed E-state index contributed by atoms with van der Waals surface area (Å²) in [6, 6.07) is 13.3. The molecule has 0 radical (unpaired) electrons. The minimum absolute atomic E-state index is 0.0949. The van der Waals surface area contributed by atoms with E-state index in [1.807, 2.05) is 0 Å². The van der Waals surface area contributed by atoms with Crippen LogP contribution in [-0.4, -0.2) is 21.3 Å². The maximum absolute atomic E-state index is 5.64. The first-order chi connectivity index (χ1) is 14.7. The Kier molecular flexibility index (Phi) is 6.64. The van der Waals surface area contributed by atoms with E-state index in [1.165, 1.54) is 27.8 Å². The monoisotopic (exact) mass is 418 g/mol. The fourth-order valence-corrected chi connectivity index (χ4v) is 4.68. The smallest absolute Gasteiger partial charge is 0.124 e. The largest absolute Gasteiger partial charge is 0.496 e. The minimum atomic E-state index is 0.0949. The Labute approximate surface area is 187 Å². The molecule has 0 bridgehead atoms. The summed E-state index contributed by atoms with van der Waals surface area (Å²) in [5, 5.41) is 0. The standard InChI is InChI=1S/C28H34O3/c1-16-14-25(29-7)18(3)12-23(16)27(22-10-20(5)28(31-9)21(6)11-22)24-13-19(4)26(30-8)15-17(24)2/h10-15,27H,1-9H3. The zero-order valence-corrected chi connectivity index (χ0v) is 20.3. The third-order valence-electron chi connectivity index (χ3n) is 6.21. The number of hydrogen-bond donors (Lipinski definition) is 0. The Bertz CT molecular complexity index is 1030. The molecule has 3 heteroatoms. The molecule has 0 unspecified atom stereocenters. The highest BCUT2D eigenvalue weighted by molar-refractivity contribution is 5.57. The highest BCUT2D eigenvalue weighted by Gasteiger charge is 2.24. The fraction of sp³-hybridized carbons (Fsp3) is 0.357. The molecule has 31 heavy (non-hydrogen) atoms. The molecule has 0 saturated heterocycles. The van der Waals surface area contributed by atoms with E-state index in [-0.39, 0.29) is 5.92 Å². The van der Waals surface area contributed by atoms with Crippen LogP contribution in [0.2, 0.25) is 0 Å². The van der Waals surface area contributed by atoms with Gasteiger partial charge in [-0.05, 0) is 104 Å². The molecule has 3 aromatic carbocycles. The normalized spacial score (nSPS) is 11.0. The third-order valence-corrected chi connectivity index (χ3v) is 6.21. The summed E-state index contributed by atoms with van der Waals surface area (Å²) in [6.45, 7) is 12.8. The Morgan fingerprint density at radius 2 is 0.903 bits per heavy atom. The molecule has 164 valence electrons. The Morgan fingerprint density at radius 1 is 0.484 bits per heavy atom. The van der Waals surface area contributed by atoms with Crippen LogP contribution in [0.1, 0.15) is 56.0 Å². The average molecular weight is 419 g/mol. The van der Waals surface area contributed by atoms with Gasteiger partial charge in [-0.2, -0.15) is 0 Å². The van der Waals surface area contributed by atoms with Gasteiger partial charge in [0.25, 0.3) is 0 Å². The SMILES string of the molecule is COc1cc(C)c(C(c2cc(C)c(OC)c(C)c2)c2cc(C)c(OC)cc2C)cc1C. The molecular formula is C28H34O3. The molecular weight excluding hydrogens is 384 g/mol. The van der Waals surface area contributed by atoms with Gasteiger partial charge in [-0.1, -0.05) is 24.3 Å². The van der Waals surface area contributed by atoms with Gasteiger partial charge >= 0.3 is 0 Å². The molecule has 3 aromatic rings. The van der Waals surface area contributed by atoms with Crippen LogP contribution in [0.25, 0.3) is 0 Å². The lowest BCUT2D eigenvalue weighted by atomic mass is 9.79. The van der Waals surface area contributed by atoms with Crippen LogP contribution < -0.4 is 14.2 Å². The van der Waals surface area contributed by atoms with Crippen molar-refractivity contribution in [3.63, 3.8) is 0 Å². The van der Waals surface area contributed by atoms with Gasteiger partial charge in [0.15, 0.2) is 0 Å². The number of benzene rings is 3. The lowest BCUT2D eigenvalue weighted by molar-refractivity contribution is 0.408. The molecule has 3 rings (SSSR count). The summed E-state index contributed by atoms with van der Waals surface area (Å²) in [6.07, 6.45) is 0. The fourth-order valence-electron chi connectivity index (χ4n) is 4.68. The van der Waals surface area contributed by atoms with Crippen LogP contribution in [0.5, 0.6) is 17.2 Å². The molecule has 0 heterocycles.